The minimum absolute atomic E-state index is 0.340. The summed E-state index contributed by atoms with van der Waals surface area (Å²) in [7, 11) is -3.83. The molecule has 0 aromatic heterocycles. The highest BCUT2D eigenvalue weighted by Gasteiger charge is 2.49. The molecule has 1 aliphatic rings. The summed E-state index contributed by atoms with van der Waals surface area (Å²) in [6.07, 6.45) is -2.69. The van der Waals surface area contributed by atoms with Crippen molar-refractivity contribution >= 4 is 25.0 Å². The molecule has 9 heteroatoms. The fourth-order valence-electron chi connectivity index (χ4n) is 2.72. The molecule has 1 fully saturated rings. The third-order valence-electron chi connectivity index (χ3n) is 3.54. The molecule has 1 rings (SSSR count). The van der Waals surface area contributed by atoms with Gasteiger partial charge in [-0.15, -0.1) is 0 Å². The Morgan fingerprint density at radius 3 is 1.64 bits per heavy atom. The molecule has 1 N–H and O–H groups in total. The van der Waals surface area contributed by atoms with Crippen LogP contribution in [0.1, 0.15) is 0 Å². The van der Waals surface area contributed by atoms with Crippen LogP contribution in [0.15, 0.2) is 0 Å². The van der Waals surface area contributed by atoms with E-state index in [9.17, 15) is 5.11 Å². The first kappa shape index (κ1) is 23.5. The van der Waals surface area contributed by atoms with E-state index < -0.39 is 37.3 Å². The van der Waals surface area contributed by atoms with E-state index in [1.165, 1.54) is 0 Å². The number of hydrogen-bond acceptors (Lipinski definition) is 6. The van der Waals surface area contributed by atoms with Gasteiger partial charge in [-0.2, -0.15) is 0 Å². The van der Waals surface area contributed by atoms with Gasteiger partial charge in [0.15, 0.2) is 31.2 Å². The third kappa shape index (κ3) is 8.31. The lowest BCUT2D eigenvalue weighted by atomic mass is 9.99. The normalized spacial score (nSPS) is 32.0. The van der Waals surface area contributed by atoms with E-state index in [2.05, 4.69) is 58.9 Å². The molecule has 1 unspecified atom stereocenters. The van der Waals surface area contributed by atoms with E-state index in [0.29, 0.717) is 6.61 Å². The number of hydrogen-bond donors (Lipinski definition) is 1. The highest BCUT2D eigenvalue weighted by atomic mass is 28.4. The van der Waals surface area contributed by atoms with Crippen LogP contribution < -0.4 is 0 Å². The van der Waals surface area contributed by atoms with Gasteiger partial charge in [0.2, 0.25) is 0 Å². The standard InChI is InChI=1S/C16H38O6Si3/c1-18-13-12(11-19-23(2,3)4)20-16(17)15(22-25(8,9)10)14(13)21-24(5,6)7/h12-17H,11H2,1-10H3/t12-,13-,14+,15-,16?/m0/s1. The van der Waals surface area contributed by atoms with Crippen molar-refractivity contribution in [1.82, 2.24) is 0 Å². The molecule has 1 aliphatic heterocycles. The number of ether oxygens (including phenoxy) is 2. The molecule has 0 saturated carbocycles. The first-order chi connectivity index (χ1) is 11.1. The highest BCUT2D eigenvalue weighted by molar-refractivity contribution is 6.70. The number of methoxy groups -OCH3 is 1. The molecule has 5 atom stereocenters. The van der Waals surface area contributed by atoms with E-state index in [0.717, 1.165) is 0 Å². The first-order valence-corrected chi connectivity index (χ1v) is 19.2. The topological polar surface area (TPSA) is 66.4 Å². The molecular formula is C16H38O6Si3. The Hall–Kier alpha value is 0.411. The Balaban J connectivity index is 3.06. The predicted molar refractivity (Wildman–Crippen MR) is 107 cm³/mol. The molecule has 0 amide bonds. The van der Waals surface area contributed by atoms with E-state index in [-0.39, 0.29) is 18.3 Å². The van der Waals surface area contributed by atoms with Crippen molar-refractivity contribution in [1.29, 1.82) is 0 Å². The number of rotatable bonds is 8. The van der Waals surface area contributed by atoms with Gasteiger partial charge >= 0.3 is 0 Å². The predicted octanol–water partition coefficient (Wildman–Crippen LogP) is 3.01. The summed E-state index contributed by atoms with van der Waals surface area (Å²) < 4.78 is 30.2. The molecule has 0 aliphatic carbocycles. The molecule has 150 valence electrons. The van der Waals surface area contributed by atoms with E-state index in [1.807, 2.05) is 0 Å². The Labute approximate surface area is 156 Å². The van der Waals surface area contributed by atoms with Gasteiger partial charge in [0, 0.05) is 7.11 Å². The molecule has 0 bridgehead atoms. The average molecular weight is 411 g/mol. The summed E-state index contributed by atoms with van der Waals surface area (Å²) in [5, 5.41) is 10.6. The fourth-order valence-corrected chi connectivity index (χ4v) is 5.54. The molecule has 6 nitrogen and oxygen atoms in total. The largest absolute Gasteiger partial charge is 0.415 e. The average Bonchev–Trinajstić information content (AvgIpc) is 2.37. The number of aliphatic hydroxyl groups excluding tert-OH is 1. The smallest absolute Gasteiger partial charge is 0.184 e. The maximum absolute atomic E-state index is 10.6. The van der Waals surface area contributed by atoms with Gasteiger partial charge in [-0.05, 0) is 58.9 Å². The molecule has 0 aromatic carbocycles. The van der Waals surface area contributed by atoms with Crippen LogP contribution in [0.3, 0.4) is 0 Å². The Morgan fingerprint density at radius 1 is 0.760 bits per heavy atom. The van der Waals surface area contributed by atoms with Crippen LogP contribution >= 0.6 is 0 Å². The quantitative estimate of drug-likeness (QED) is 0.621. The second-order valence-corrected chi connectivity index (χ2v) is 23.0. The van der Waals surface area contributed by atoms with Crippen molar-refractivity contribution in [3.05, 3.63) is 0 Å². The van der Waals surface area contributed by atoms with Gasteiger partial charge in [0.1, 0.15) is 24.4 Å². The van der Waals surface area contributed by atoms with Gasteiger partial charge in [-0.1, -0.05) is 0 Å². The summed E-state index contributed by atoms with van der Waals surface area (Å²) in [5.41, 5.74) is 0. The van der Waals surface area contributed by atoms with E-state index in [4.69, 9.17) is 22.8 Å². The van der Waals surface area contributed by atoms with Crippen molar-refractivity contribution in [3.63, 3.8) is 0 Å². The highest BCUT2D eigenvalue weighted by Crippen LogP contribution is 2.31. The minimum atomic E-state index is -1.90. The summed E-state index contributed by atoms with van der Waals surface area (Å²) in [6, 6.07) is 0. The van der Waals surface area contributed by atoms with E-state index >= 15 is 0 Å². The van der Waals surface area contributed by atoms with E-state index in [1.54, 1.807) is 7.11 Å². The lowest BCUT2D eigenvalue weighted by Crippen LogP contribution is -2.64. The minimum Gasteiger partial charge on any atom is -0.415 e. The fraction of sp³-hybridized carbons (Fsp3) is 1.00. The maximum atomic E-state index is 10.6. The zero-order chi connectivity index (χ0) is 19.6. The van der Waals surface area contributed by atoms with Crippen LogP contribution in [0.4, 0.5) is 0 Å². The molecule has 0 spiro atoms. The van der Waals surface area contributed by atoms with Crippen LogP contribution in [0.25, 0.3) is 0 Å². The SMILES string of the molecule is CO[C@@H]1[C@@H](O[Si](C)(C)C)[C@H](O[Si](C)(C)C)C(O)O[C@H]1CO[Si](C)(C)C. The van der Waals surface area contributed by atoms with Crippen LogP contribution in [-0.2, 0) is 22.8 Å². The summed E-state index contributed by atoms with van der Waals surface area (Å²) in [6.45, 7) is 19.4. The van der Waals surface area contributed by atoms with Crippen molar-refractivity contribution in [2.75, 3.05) is 13.7 Å². The van der Waals surface area contributed by atoms with Crippen LogP contribution in [-0.4, -0.2) is 74.5 Å². The first-order valence-electron chi connectivity index (χ1n) is 8.99. The molecule has 25 heavy (non-hydrogen) atoms. The molecule has 0 aromatic rings. The second kappa shape index (κ2) is 8.61. The Kier molecular flexibility index (Phi) is 8.08. The van der Waals surface area contributed by atoms with Crippen LogP contribution in [0, 0.1) is 0 Å². The lowest BCUT2D eigenvalue weighted by molar-refractivity contribution is -0.282. The zero-order valence-corrected chi connectivity index (χ0v) is 20.6. The molecule has 0 radical (unpaired) electrons. The Bertz CT molecular complexity index is 416. The summed E-state index contributed by atoms with van der Waals surface area (Å²) >= 11 is 0. The van der Waals surface area contributed by atoms with Crippen molar-refractivity contribution < 1.29 is 27.9 Å². The number of aliphatic hydroxyl groups is 1. The monoisotopic (exact) mass is 410 g/mol. The van der Waals surface area contributed by atoms with Crippen LogP contribution in [0.5, 0.6) is 0 Å². The van der Waals surface area contributed by atoms with Crippen molar-refractivity contribution in [2.24, 2.45) is 0 Å². The van der Waals surface area contributed by atoms with Gasteiger partial charge in [-0.25, -0.2) is 0 Å². The van der Waals surface area contributed by atoms with Gasteiger partial charge in [-0.3, -0.25) is 0 Å². The molecular weight excluding hydrogens is 372 g/mol. The lowest BCUT2D eigenvalue weighted by Gasteiger charge is -2.48. The zero-order valence-electron chi connectivity index (χ0n) is 17.6. The molecule has 1 heterocycles. The summed E-state index contributed by atoms with van der Waals surface area (Å²) in [5.74, 6) is 0. The van der Waals surface area contributed by atoms with Crippen molar-refractivity contribution in [3.8, 4) is 0 Å². The van der Waals surface area contributed by atoms with Gasteiger partial charge < -0.3 is 27.9 Å². The maximum Gasteiger partial charge on any atom is 0.184 e. The van der Waals surface area contributed by atoms with Gasteiger partial charge in [0.25, 0.3) is 0 Å². The second-order valence-electron chi connectivity index (χ2n) is 9.58. The van der Waals surface area contributed by atoms with Crippen LogP contribution in [0.2, 0.25) is 58.9 Å². The van der Waals surface area contributed by atoms with Gasteiger partial charge in [0.05, 0.1) is 6.61 Å². The van der Waals surface area contributed by atoms with Crippen molar-refractivity contribution in [2.45, 2.75) is 89.6 Å². The third-order valence-corrected chi connectivity index (χ3v) is 6.53. The Morgan fingerprint density at radius 2 is 1.24 bits per heavy atom. The summed E-state index contributed by atoms with van der Waals surface area (Å²) in [4.78, 5) is 0. The molecule has 1 saturated heterocycles.